The number of aryl methyl sites for hydroxylation is 1. The van der Waals surface area contributed by atoms with Gasteiger partial charge in [-0.15, -0.1) is 0 Å². The Hall–Kier alpha value is -5.44. The molecule has 12 N–H and O–H groups in total. The van der Waals surface area contributed by atoms with Crippen LogP contribution in [0.2, 0.25) is 5.28 Å². The molecule has 54 heavy (non-hydrogen) atoms. The predicted molar refractivity (Wildman–Crippen MR) is 184 cm³/mol. The van der Waals surface area contributed by atoms with Crippen LogP contribution in [-0.2, 0) is 9.47 Å². The highest BCUT2D eigenvalue weighted by molar-refractivity contribution is 6.28. The van der Waals surface area contributed by atoms with Gasteiger partial charge in [-0.05, 0) is 24.1 Å². The van der Waals surface area contributed by atoms with Gasteiger partial charge < -0.3 is 56.9 Å². The van der Waals surface area contributed by atoms with Crippen molar-refractivity contribution in [2.75, 3.05) is 31.7 Å². The molecule has 288 valence electrons. The lowest BCUT2D eigenvalue weighted by Gasteiger charge is -2.16. The van der Waals surface area contributed by atoms with Crippen LogP contribution in [0, 0.1) is 6.92 Å². The van der Waals surface area contributed by atoms with Gasteiger partial charge in [0.15, 0.2) is 35.4 Å². The highest BCUT2D eigenvalue weighted by Gasteiger charge is 2.45. The van der Waals surface area contributed by atoms with Gasteiger partial charge in [0.2, 0.25) is 5.28 Å². The molecule has 0 aromatic carbocycles. The number of halogens is 1. The summed E-state index contributed by atoms with van der Waals surface area (Å²) in [6, 6.07) is 0. The molecule has 8 atom stereocenters. The van der Waals surface area contributed by atoms with E-state index in [1.54, 1.807) is 25.6 Å². The molecular formula is C29H36ClN15O9. The fourth-order valence-electron chi connectivity index (χ4n) is 5.57. The van der Waals surface area contributed by atoms with Crippen molar-refractivity contribution in [2.24, 2.45) is 0 Å². The molecule has 0 aliphatic carbocycles. The molecule has 0 saturated carbocycles. The Kier molecular flexibility index (Phi) is 11.3. The molecule has 6 aromatic heterocycles. The standard InChI is InChI=1S/C14H17N7O4.C10H12ClN5O4.C5H7N3O/c1-6-2-17-21(3-6)14-18-11(15)8-12(19-14)20(5-16-8)13-10(24)9(23)7(4-22)25-13;11-10-14-7(12)4-8(15-10)16(2-13-4)9-6(19)5(18)3(1-17)20-9;1-6-5(9)4-2-7-8-3-4/h2-3,5,7,9-10,13,22-24H,4H2,1H3,(H2,15,18,19);2-3,5-6,9,17-19H,1H2,(H2,12,14,15);2-3H,1H3,(H,6,9)(H,7,8). The third-order valence-corrected chi connectivity index (χ3v) is 8.51. The second-order valence-corrected chi connectivity index (χ2v) is 12.3. The molecule has 8 rings (SSSR count). The number of rotatable bonds is 6. The Morgan fingerprint density at radius 1 is 0.870 bits per heavy atom. The smallest absolute Gasteiger partial charge is 0.254 e. The quantitative estimate of drug-likeness (QED) is 0.0752. The van der Waals surface area contributed by atoms with Gasteiger partial charge in [-0.2, -0.15) is 30.1 Å². The summed E-state index contributed by atoms with van der Waals surface area (Å²) in [5.74, 6) is 0.375. The molecule has 0 spiro atoms. The fourth-order valence-corrected chi connectivity index (χ4v) is 5.74. The number of hydrogen-bond donors (Lipinski definition) is 10. The first-order valence-electron chi connectivity index (χ1n) is 16.0. The van der Waals surface area contributed by atoms with E-state index in [9.17, 15) is 30.3 Å². The van der Waals surface area contributed by atoms with E-state index in [-0.39, 0.29) is 34.4 Å². The number of aliphatic hydroxyl groups excluding tert-OH is 6. The van der Waals surface area contributed by atoms with Crippen LogP contribution in [0.5, 0.6) is 0 Å². The van der Waals surface area contributed by atoms with E-state index in [0.29, 0.717) is 22.2 Å². The van der Waals surface area contributed by atoms with E-state index in [1.807, 2.05) is 6.92 Å². The lowest BCUT2D eigenvalue weighted by molar-refractivity contribution is -0.0511. The van der Waals surface area contributed by atoms with Gasteiger partial charge in [-0.25, -0.2) is 14.6 Å². The van der Waals surface area contributed by atoms with Gasteiger partial charge in [0.05, 0.1) is 43.8 Å². The molecule has 2 aliphatic heterocycles. The van der Waals surface area contributed by atoms with Crippen LogP contribution in [0.15, 0.2) is 37.4 Å². The zero-order chi connectivity index (χ0) is 38.8. The van der Waals surface area contributed by atoms with E-state index in [0.717, 1.165) is 5.56 Å². The van der Waals surface area contributed by atoms with Crippen molar-refractivity contribution in [3.8, 4) is 5.95 Å². The summed E-state index contributed by atoms with van der Waals surface area (Å²) in [4.78, 5) is 35.3. The number of H-pyrrole nitrogens is 1. The maximum Gasteiger partial charge on any atom is 0.254 e. The van der Waals surface area contributed by atoms with E-state index >= 15 is 0 Å². The number of aromatic nitrogens is 12. The van der Waals surface area contributed by atoms with Crippen LogP contribution in [0.25, 0.3) is 28.3 Å². The molecule has 2 fully saturated rings. The third kappa shape index (κ3) is 7.36. The first-order chi connectivity index (χ1) is 25.9. The van der Waals surface area contributed by atoms with Crippen molar-refractivity contribution < 1.29 is 44.9 Å². The van der Waals surface area contributed by atoms with E-state index in [4.69, 9.17) is 37.6 Å². The van der Waals surface area contributed by atoms with Gasteiger partial charge in [-0.3, -0.25) is 19.0 Å². The van der Waals surface area contributed by atoms with Crippen LogP contribution in [0.1, 0.15) is 28.4 Å². The predicted octanol–water partition coefficient (Wildman–Crippen LogP) is -3.04. The molecule has 1 amide bonds. The molecular weight excluding hydrogens is 738 g/mol. The molecule has 2 aliphatic rings. The number of nitrogens with one attached hydrogen (secondary N) is 2. The molecule has 25 heteroatoms. The Bertz CT molecular complexity index is 2210. The van der Waals surface area contributed by atoms with Gasteiger partial charge in [0.25, 0.3) is 11.9 Å². The molecule has 8 unspecified atom stereocenters. The number of nitrogens with zero attached hydrogens (tertiary/aromatic N) is 11. The Morgan fingerprint density at radius 3 is 1.89 bits per heavy atom. The number of ether oxygens (including phenoxy) is 2. The molecule has 6 aromatic rings. The van der Waals surface area contributed by atoms with Gasteiger partial charge in [0, 0.05) is 19.4 Å². The Morgan fingerprint density at radius 2 is 1.43 bits per heavy atom. The maximum atomic E-state index is 10.7. The topological polar surface area (TPSA) is 355 Å². The maximum absolute atomic E-state index is 10.7. The SMILES string of the molecule is CNC(=O)c1cn[nH]c1.Cc1cnn(-c2nc(N)c3ncn(C4OC(CO)C(O)C4O)c3n2)c1.Nc1nc(Cl)nc2c1ncn2C1OC(CO)C(O)C1O. The summed E-state index contributed by atoms with van der Waals surface area (Å²) >= 11 is 5.74. The zero-order valence-electron chi connectivity index (χ0n) is 28.4. The Balaban J connectivity index is 0.000000153. The van der Waals surface area contributed by atoms with Crippen molar-refractivity contribution in [3.05, 3.63) is 53.9 Å². The van der Waals surface area contributed by atoms with E-state index in [2.05, 4.69) is 50.5 Å². The number of carbonyl (C=O) groups is 1. The van der Waals surface area contributed by atoms with Crippen molar-refractivity contribution in [1.29, 1.82) is 0 Å². The largest absolute Gasteiger partial charge is 0.394 e. The second-order valence-electron chi connectivity index (χ2n) is 11.9. The average molecular weight is 774 g/mol. The third-order valence-electron chi connectivity index (χ3n) is 8.34. The normalized spacial score (nSPS) is 25.0. The van der Waals surface area contributed by atoms with Crippen molar-refractivity contribution in [1.82, 2.24) is 64.3 Å². The number of hydrogen-bond acceptors (Lipinski definition) is 19. The fraction of sp³-hybridized carbons (Fsp3) is 0.414. The number of fused-ring (bicyclic) bond motifs is 2. The number of amides is 1. The molecule has 2 saturated heterocycles. The first-order valence-corrected chi connectivity index (χ1v) is 16.4. The number of imidazole rings is 2. The number of carbonyl (C=O) groups excluding carboxylic acids is 1. The first kappa shape index (κ1) is 38.3. The van der Waals surface area contributed by atoms with Crippen molar-refractivity contribution in [3.63, 3.8) is 0 Å². The summed E-state index contributed by atoms with van der Waals surface area (Å²) in [6.45, 7) is 1.05. The number of nitrogen functional groups attached to an aromatic ring is 2. The van der Waals surface area contributed by atoms with Gasteiger partial charge >= 0.3 is 0 Å². The average Bonchev–Trinajstić information content (AvgIpc) is 4.02. The van der Waals surface area contributed by atoms with Crippen molar-refractivity contribution in [2.45, 2.75) is 56.0 Å². The monoisotopic (exact) mass is 773 g/mol. The van der Waals surface area contributed by atoms with Crippen LogP contribution in [0.4, 0.5) is 11.6 Å². The highest BCUT2D eigenvalue weighted by Crippen LogP contribution is 2.33. The number of aromatic amines is 1. The van der Waals surface area contributed by atoms with Gasteiger partial charge in [0.1, 0.15) is 47.7 Å². The highest BCUT2D eigenvalue weighted by atomic mass is 35.5. The zero-order valence-corrected chi connectivity index (χ0v) is 29.1. The van der Waals surface area contributed by atoms with E-state index in [1.165, 1.54) is 32.7 Å². The van der Waals surface area contributed by atoms with Gasteiger partial charge in [-0.1, -0.05) is 0 Å². The number of anilines is 2. The minimum atomic E-state index is -1.25. The summed E-state index contributed by atoms with van der Waals surface area (Å²) in [6.07, 6.45) is 0.555. The lowest BCUT2D eigenvalue weighted by Crippen LogP contribution is -2.33. The summed E-state index contributed by atoms with van der Waals surface area (Å²) < 4.78 is 15.2. The number of nitrogens with two attached hydrogens (primary N) is 2. The molecule has 0 bridgehead atoms. The summed E-state index contributed by atoms with van der Waals surface area (Å²) in [7, 11) is 1.58. The summed E-state index contributed by atoms with van der Waals surface area (Å²) in [5, 5.41) is 70.9. The number of aliphatic hydroxyl groups is 6. The minimum Gasteiger partial charge on any atom is -0.394 e. The summed E-state index contributed by atoms with van der Waals surface area (Å²) in [5.41, 5.74) is 14.4. The van der Waals surface area contributed by atoms with Crippen LogP contribution >= 0.6 is 11.6 Å². The van der Waals surface area contributed by atoms with E-state index < -0.39 is 62.3 Å². The van der Waals surface area contributed by atoms with Crippen LogP contribution < -0.4 is 16.8 Å². The lowest BCUT2D eigenvalue weighted by atomic mass is 10.1. The minimum absolute atomic E-state index is 0.0662. The molecule has 24 nitrogen and oxygen atoms in total. The van der Waals surface area contributed by atoms with Crippen molar-refractivity contribution >= 4 is 51.5 Å². The molecule has 0 radical (unpaired) electrons. The van der Waals surface area contributed by atoms with Crippen LogP contribution in [-0.4, -0.2) is 152 Å². The molecule has 8 heterocycles. The van der Waals surface area contributed by atoms with Crippen LogP contribution in [0.3, 0.4) is 0 Å². The second kappa shape index (κ2) is 15.9. The Labute approximate surface area is 308 Å².